The van der Waals surface area contributed by atoms with Crippen molar-refractivity contribution in [3.63, 3.8) is 0 Å². The van der Waals surface area contributed by atoms with Crippen LogP contribution in [0.15, 0.2) is 18.2 Å². The molecule has 19 heavy (non-hydrogen) atoms. The van der Waals surface area contributed by atoms with Crippen LogP contribution in [0.4, 0.5) is 4.39 Å². The first-order valence-corrected chi connectivity index (χ1v) is 7.45. The number of nitrogens with zero attached hydrogens (tertiary/aromatic N) is 1. The molecule has 0 aromatic heterocycles. The van der Waals surface area contributed by atoms with E-state index in [9.17, 15) is 4.39 Å². The van der Waals surface area contributed by atoms with Crippen molar-refractivity contribution < 1.29 is 4.39 Å². The highest BCUT2D eigenvalue weighted by Gasteiger charge is 2.27. The van der Waals surface area contributed by atoms with Crippen molar-refractivity contribution in [1.29, 1.82) is 0 Å². The van der Waals surface area contributed by atoms with Gasteiger partial charge in [0.05, 0.1) is 0 Å². The third kappa shape index (κ3) is 3.34. The summed E-state index contributed by atoms with van der Waals surface area (Å²) in [7, 11) is 0. The molecule has 0 radical (unpaired) electrons. The topological polar surface area (TPSA) is 15.3 Å². The van der Waals surface area contributed by atoms with E-state index in [2.05, 4.69) is 17.1 Å². The summed E-state index contributed by atoms with van der Waals surface area (Å²) >= 11 is 0. The molecule has 2 aliphatic rings. The molecule has 1 N–H and O–H groups in total. The molecular formula is C16H23FN2. The van der Waals surface area contributed by atoms with Gasteiger partial charge in [0.25, 0.3) is 0 Å². The molecule has 1 aromatic carbocycles. The summed E-state index contributed by atoms with van der Waals surface area (Å²) in [4.78, 5) is 2.51. The van der Waals surface area contributed by atoms with Crippen LogP contribution in [0.25, 0.3) is 0 Å². The van der Waals surface area contributed by atoms with Crippen LogP contribution in [0, 0.1) is 12.7 Å². The SMILES string of the molecule is Cc1ccc(F)cc1CN1CCCC1CNC1CC1. The van der Waals surface area contributed by atoms with Crippen LogP contribution in [0.2, 0.25) is 0 Å². The second-order valence-electron chi connectivity index (χ2n) is 6.02. The number of halogens is 1. The molecule has 1 atom stereocenters. The number of hydrogen-bond acceptors (Lipinski definition) is 2. The fourth-order valence-corrected chi connectivity index (χ4v) is 2.95. The Morgan fingerprint density at radius 3 is 2.95 bits per heavy atom. The Morgan fingerprint density at radius 1 is 1.32 bits per heavy atom. The summed E-state index contributed by atoms with van der Waals surface area (Å²) < 4.78 is 13.3. The van der Waals surface area contributed by atoms with E-state index < -0.39 is 0 Å². The summed E-state index contributed by atoms with van der Waals surface area (Å²) in [5, 5.41) is 3.62. The highest BCUT2D eigenvalue weighted by Crippen LogP contribution is 2.24. The van der Waals surface area contributed by atoms with Gasteiger partial charge in [0.1, 0.15) is 5.82 Å². The van der Waals surface area contributed by atoms with E-state index in [1.54, 1.807) is 12.1 Å². The first kappa shape index (κ1) is 13.1. The van der Waals surface area contributed by atoms with Crippen molar-refractivity contribution in [3.05, 3.63) is 35.1 Å². The molecule has 0 amide bonds. The Balaban J connectivity index is 1.61. The zero-order valence-corrected chi connectivity index (χ0v) is 11.7. The number of benzene rings is 1. The minimum atomic E-state index is -0.118. The molecule has 3 rings (SSSR count). The number of nitrogens with one attached hydrogen (secondary N) is 1. The van der Waals surface area contributed by atoms with E-state index in [1.807, 2.05) is 6.07 Å². The van der Waals surface area contributed by atoms with Crippen LogP contribution in [0.5, 0.6) is 0 Å². The van der Waals surface area contributed by atoms with E-state index in [-0.39, 0.29) is 5.82 Å². The lowest BCUT2D eigenvalue weighted by atomic mass is 10.1. The molecule has 2 nitrogen and oxygen atoms in total. The van der Waals surface area contributed by atoms with Crippen molar-refractivity contribution in [2.45, 2.75) is 51.2 Å². The van der Waals surface area contributed by atoms with E-state index in [1.165, 1.54) is 31.2 Å². The highest BCUT2D eigenvalue weighted by molar-refractivity contribution is 5.26. The van der Waals surface area contributed by atoms with Gasteiger partial charge in [-0.05, 0) is 62.4 Å². The van der Waals surface area contributed by atoms with Gasteiger partial charge in [0, 0.05) is 25.2 Å². The van der Waals surface area contributed by atoms with Gasteiger partial charge < -0.3 is 5.32 Å². The molecule has 1 aliphatic heterocycles. The third-order valence-electron chi connectivity index (χ3n) is 4.40. The zero-order valence-electron chi connectivity index (χ0n) is 11.7. The average molecular weight is 262 g/mol. The number of hydrogen-bond donors (Lipinski definition) is 1. The quantitative estimate of drug-likeness (QED) is 0.878. The lowest BCUT2D eigenvalue weighted by Crippen LogP contribution is -2.38. The molecule has 1 saturated carbocycles. The number of likely N-dealkylation sites (tertiary alicyclic amines) is 1. The summed E-state index contributed by atoms with van der Waals surface area (Å²) in [5.41, 5.74) is 2.33. The molecule has 0 spiro atoms. The molecule has 1 unspecified atom stereocenters. The Bertz CT molecular complexity index is 442. The predicted molar refractivity (Wildman–Crippen MR) is 75.6 cm³/mol. The molecule has 1 heterocycles. The van der Waals surface area contributed by atoms with Crippen LogP contribution in [0.1, 0.15) is 36.8 Å². The fraction of sp³-hybridized carbons (Fsp3) is 0.625. The van der Waals surface area contributed by atoms with Crippen LogP contribution in [-0.4, -0.2) is 30.1 Å². The molecule has 1 saturated heterocycles. The van der Waals surface area contributed by atoms with Gasteiger partial charge in [0.2, 0.25) is 0 Å². The van der Waals surface area contributed by atoms with Crippen molar-refractivity contribution in [2.24, 2.45) is 0 Å². The maximum atomic E-state index is 13.3. The smallest absolute Gasteiger partial charge is 0.123 e. The van der Waals surface area contributed by atoms with Gasteiger partial charge in [-0.1, -0.05) is 6.07 Å². The fourth-order valence-electron chi connectivity index (χ4n) is 2.95. The summed E-state index contributed by atoms with van der Waals surface area (Å²) in [5.74, 6) is -0.118. The monoisotopic (exact) mass is 262 g/mol. The minimum Gasteiger partial charge on any atom is -0.312 e. The van der Waals surface area contributed by atoms with Gasteiger partial charge in [-0.15, -0.1) is 0 Å². The first-order chi connectivity index (χ1) is 9.22. The van der Waals surface area contributed by atoms with Crippen molar-refractivity contribution in [2.75, 3.05) is 13.1 Å². The molecular weight excluding hydrogens is 239 g/mol. The normalized spacial score (nSPS) is 24.0. The lowest BCUT2D eigenvalue weighted by Gasteiger charge is -2.25. The van der Waals surface area contributed by atoms with Gasteiger partial charge in [-0.3, -0.25) is 4.90 Å². The molecule has 0 bridgehead atoms. The molecule has 1 aromatic rings. The number of aryl methyl sites for hydroxylation is 1. The van der Waals surface area contributed by atoms with Crippen LogP contribution in [-0.2, 0) is 6.54 Å². The zero-order chi connectivity index (χ0) is 13.2. The van der Waals surface area contributed by atoms with Crippen molar-refractivity contribution >= 4 is 0 Å². The number of rotatable bonds is 5. The minimum absolute atomic E-state index is 0.118. The summed E-state index contributed by atoms with van der Waals surface area (Å²) in [6.07, 6.45) is 5.23. The first-order valence-electron chi connectivity index (χ1n) is 7.45. The molecule has 1 aliphatic carbocycles. The third-order valence-corrected chi connectivity index (χ3v) is 4.40. The van der Waals surface area contributed by atoms with Crippen LogP contribution >= 0.6 is 0 Å². The molecule has 3 heteroatoms. The molecule has 2 fully saturated rings. The Morgan fingerprint density at radius 2 is 2.16 bits per heavy atom. The maximum Gasteiger partial charge on any atom is 0.123 e. The Kier molecular flexibility index (Phi) is 3.85. The van der Waals surface area contributed by atoms with Gasteiger partial charge in [-0.2, -0.15) is 0 Å². The van der Waals surface area contributed by atoms with Crippen LogP contribution in [0.3, 0.4) is 0 Å². The van der Waals surface area contributed by atoms with Gasteiger partial charge in [-0.25, -0.2) is 4.39 Å². The highest BCUT2D eigenvalue weighted by atomic mass is 19.1. The van der Waals surface area contributed by atoms with Crippen LogP contribution < -0.4 is 5.32 Å². The van der Waals surface area contributed by atoms with E-state index in [4.69, 9.17) is 0 Å². The van der Waals surface area contributed by atoms with Gasteiger partial charge >= 0.3 is 0 Å². The Labute approximate surface area is 115 Å². The van der Waals surface area contributed by atoms with Crippen molar-refractivity contribution in [1.82, 2.24) is 10.2 Å². The Hall–Kier alpha value is -0.930. The largest absolute Gasteiger partial charge is 0.312 e. The van der Waals surface area contributed by atoms with Crippen molar-refractivity contribution in [3.8, 4) is 0 Å². The van der Waals surface area contributed by atoms with Gasteiger partial charge in [0.15, 0.2) is 0 Å². The predicted octanol–water partition coefficient (Wildman–Crippen LogP) is 2.85. The summed E-state index contributed by atoms with van der Waals surface area (Å²) in [6.45, 7) is 5.20. The second kappa shape index (κ2) is 5.59. The maximum absolute atomic E-state index is 13.3. The second-order valence-corrected chi connectivity index (χ2v) is 6.02. The van der Waals surface area contributed by atoms with E-state index >= 15 is 0 Å². The lowest BCUT2D eigenvalue weighted by molar-refractivity contribution is 0.238. The standard InChI is InChI=1S/C16H23FN2/c1-12-4-5-14(17)9-13(12)11-19-8-2-3-16(19)10-18-15-6-7-15/h4-5,9,15-16,18H,2-3,6-8,10-11H2,1H3. The molecule has 104 valence electrons. The summed E-state index contributed by atoms with van der Waals surface area (Å²) in [6, 6.07) is 6.54. The van der Waals surface area contributed by atoms with E-state index in [0.717, 1.165) is 31.2 Å². The average Bonchev–Trinajstić information content (AvgIpc) is 3.12. The van der Waals surface area contributed by atoms with E-state index in [0.29, 0.717) is 6.04 Å².